The first-order chi connectivity index (χ1) is 14.4. The molecule has 2 saturated carbocycles. The molecule has 2 bridgehead atoms. The maximum Gasteiger partial charge on any atom is 0.335 e. The average molecular weight is 431 g/mol. The number of esters is 2. The van der Waals surface area contributed by atoms with Gasteiger partial charge in [0, 0.05) is 25.0 Å². The molecule has 0 amide bonds. The quantitative estimate of drug-likeness (QED) is 0.276. The Labute approximate surface area is 184 Å². The highest BCUT2D eigenvalue weighted by Crippen LogP contribution is 2.63. The lowest BCUT2D eigenvalue weighted by molar-refractivity contribution is -0.174. The van der Waals surface area contributed by atoms with Crippen LogP contribution in [0.3, 0.4) is 0 Å². The van der Waals surface area contributed by atoms with Crippen LogP contribution in [0.2, 0.25) is 0 Å². The summed E-state index contributed by atoms with van der Waals surface area (Å²) in [5, 5.41) is 0. The molecule has 170 valence electrons. The van der Waals surface area contributed by atoms with E-state index in [4.69, 9.17) is 14.2 Å². The lowest BCUT2D eigenvalue weighted by Gasteiger charge is -2.57. The second-order valence-corrected chi connectivity index (χ2v) is 10.3. The normalized spacial score (nSPS) is 35.2. The summed E-state index contributed by atoms with van der Waals surface area (Å²) in [7, 11) is 1.66. The number of hydrogen-bond acceptors (Lipinski definition) is 6. The molecule has 0 saturated heterocycles. The maximum atomic E-state index is 13.9. The lowest BCUT2D eigenvalue weighted by atomic mass is 9.45. The van der Waals surface area contributed by atoms with Crippen molar-refractivity contribution >= 4 is 17.7 Å². The molecule has 5 atom stereocenters. The van der Waals surface area contributed by atoms with Crippen molar-refractivity contribution in [3.8, 4) is 0 Å². The first-order valence-corrected chi connectivity index (χ1v) is 10.9. The van der Waals surface area contributed by atoms with Gasteiger partial charge in [0.25, 0.3) is 0 Å². The number of cyclic esters (lactones) is 1. The van der Waals surface area contributed by atoms with Crippen LogP contribution in [-0.4, -0.2) is 30.4 Å². The number of Topliss-reactive ketones (excluding diaryl/α,β-unsaturated/α-hetero) is 1. The molecule has 1 aliphatic heterocycles. The van der Waals surface area contributed by atoms with Gasteiger partial charge in [0.2, 0.25) is 0 Å². The second-order valence-electron chi connectivity index (χ2n) is 10.3. The third kappa shape index (κ3) is 3.91. The van der Waals surface area contributed by atoms with E-state index in [9.17, 15) is 14.4 Å². The molecule has 0 N–H and O–H groups in total. The number of ketones is 1. The van der Waals surface area contributed by atoms with E-state index in [0.29, 0.717) is 12.2 Å². The fraction of sp³-hybridized carbons (Fsp3) is 0.640. The van der Waals surface area contributed by atoms with Crippen molar-refractivity contribution < 1.29 is 28.6 Å². The Morgan fingerprint density at radius 3 is 2.52 bits per heavy atom. The van der Waals surface area contributed by atoms with Gasteiger partial charge in [0.05, 0.1) is 11.9 Å². The fourth-order valence-electron chi connectivity index (χ4n) is 5.85. The minimum absolute atomic E-state index is 0.0116. The van der Waals surface area contributed by atoms with E-state index in [0.717, 1.165) is 18.4 Å². The summed E-state index contributed by atoms with van der Waals surface area (Å²) in [4.78, 5) is 39.0. The van der Waals surface area contributed by atoms with Crippen LogP contribution in [-0.2, 0) is 28.6 Å². The fourth-order valence-corrected chi connectivity index (χ4v) is 5.85. The smallest absolute Gasteiger partial charge is 0.335 e. The van der Waals surface area contributed by atoms with Crippen LogP contribution in [0, 0.1) is 28.6 Å². The number of allylic oxidation sites excluding steroid dienone is 3. The largest absolute Gasteiger partial charge is 0.432 e. The minimum atomic E-state index is -1.40. The number of carbonyl (C=O) groups is 3. The van der Waals surface area contributed by atoms with Gasteiger partial charge < -0.3 is 14.2 Å². The number of hydrogen-bond donors (Lipinski definition) is 0. The van der Waals surface area contributed by atoms with Crippen LogP contribution in [0.5, 0.6) is 0 Å². The molecule has 0 aromatic heterocycles. The summed E-state index contributed by atoms with van der Waals surface area (Å²) in [6.45, 7) is 11.4. The second kappa shape index (κ2) is 8.05. The molecule has 1 spiro atoms. The Bertz CT molecular complexity index is 874. The highest BCUT2D eigenvalue weighted by Gasteiger charge is 2.67. The Morgan fingerprint density at radius 1 is 1.29 bits per heavy atom. The van der Waals surface area contributed by atoms with Gasteiger partial charge in [-0.15, -0.1) is 0 Å². The monoisotopic (exact) mass is 430 g/mol. The van der Waals surface area contributed by atoms with E-state index < -0.39 is 28.9 Å². The Morgan fingerprint density at radius 2 is 1.97 bits per heavy atom. The van der Waals surface area contributed by atoms with Gasteiger partial charge in [-0.2, -0.15) is 0 Å². The van der Waals surface area contributed by atoms with Gasteiger partial charge in [-0.1, -0.05) is 12.5 Å². The summed E-state index contributed by atoms with van der Waals surface area (Å²) in [6, 6.07) is 0. The molecule has 1 heterocycles. The Hall–Kier alpha value is -2.21. The van der Waals surface area contributed by atoms with Crippen LogP contribution >= 0.6 is 0 Å². The van der Waals surface area contributed by atoms with E-state index in [1.54, 1.807) is 26.2 Å². The number of carbonyl (C=O) groups excluding carboxylic acids is 3. The molecule has 0 unspecified atom stereocenters. The molecule has 3 aliphatic rings. The first-order valence-electron chi connectivity index (χ1n) is 10.9. The predicted molar refractivity (Wildman–Crippen MR) is 115 cm³/mol. The van der Waals surface area contributed by atoms with Crippen molar-refractivity contribution in [3.05, 3.63) is 35.8 Å². The molecule has 3 rings (SSSR count). The third-order valence-electron chi connectivity index (χ3n) is 7.49. The number of fused-ring (bicyclic) bond motifs is 2. The molecular weight excluding hydrogens is 396 g/mol. The molecule has 0 radical (unpaired) electrons. The standard InChI is InChI=1S/C25H34O6/c1-15(2)12-20(26)30-11-9-19-24(6)10-8-18(23(4,5)29-7)17(14-24)21(27)25(19)13-16(3)31-22(25)28/h9,11-13,17-19H,8,10,14H2,1-7H3/b11-9+/t17-,18+,19+,24-,25-/m1/s1. The van der Waals surface area contributed by atoms with Crippen LogP contribution in [0.1, 0.15) is 60.8 Å². The van der Waals surface area contributed by atoms with E-state index in [1.807, 2.05) is 27.7 Å². The van der Waals surface area contributed by atoms with Gasteiger partial charge in [-0.05, 0) is 77.4 Å². The molecule has 0 aromatic rings. The van der Waals surface area contributed by atoms with Gasteiger partial charge in [0.15, 0.2) is 11.2 Å². The van der Waals surface area contributed by atoms with Crippen molar-refractivity contribution in [2.75, 3.05) is 7.11 Å². The van der Waals surface area contributed by atoms with Crippen molar-refractivity contribution in [2.45, 2.75) is 66.4 Å². The molecule has 2 fully saturated rings. The van der Waals surface area contributed by atoms with Crippen molar-refractivity contribution in [2.24, 2.45) is 28.6 Å². The number of rotatable bonds is 5. The van der Waals surface area contributed by atoms with Gasteiger partial charge >= 0.3 is 11.9 Å². The van der Waals surface area contributed by atoms with Crippen molar-refractivity contribution in [1.29, 1.82) is 0 Å². The lowest BCUT2D eigenvalue weighted by Crippen LogP contribution is -2.61. The zero-order valence-corrected chi connectivity index (χ0v) is 19.6. The first kappa shape index (κ1) is 23.5. The van der Waals surface area contributed by atoms with Crippen molar-refractivity contribution in [3.63, 3.8) is 0 Å². The Kier molecular flexibility index (Phi) is 6.09. The predicted octanol–water partition coefficient (Wildman–Crippen LogP) is 4.50. The summed E-state index contributed by atoms with van der Waals surface area (Å²) >= 11 is 0. The Balaban J connectivity index is 2.03. The van der Waals surface area contributed by atoms with Crippen LogP contribution < -0.4 is 0 Å². The minimum Gasteiger partial charge on any atom is -0.432 e. The third-order valence-corrected chi connectivity index (χ3v) is 7.49. The molecule has 6 heteroatoms. The maximum absolute atomic E-state index is 13.9. The molecule has 31 heavy (non-hydrogen) atoms. The summed E-state index contributed by atoms with van der Waals surface area (Å²) in [6.07, 6.45) is 8.42. The van der Waals surface area contributed by atoms with Gasteiger partial charge in [-0.3, -0.25) is 9.59 Å². The van der Waals surface area contributed by atoms with Crippen LogP contribution in [0.25, 0.3) is 0 Å². The van der Waals surface area contributed by atoms with E-state index in [1.165, 1.54) is 12.3 Å². The topological polar surface area (TPSA) is 78.9 Å². The van der Waals surface area contributed by atoms with Crippen LogP contribution in [0.15, 0.2) is 35.8 Å². The summed E-state index contributed by atoms with van der Waals surface area (Å²) in [5.41, 5.74) is -1.37. The molecule has 0 aromatic carbocycles. The van der Waals surface area contributed by atoms with Gasteiger partial charge in [0.1, 0.15) is 5.76 Å². The molecular formula is C25H34O6. The summed E-state index contributed by atoms with van der Waals surface area (Å²) in [5.74, 6) is -1.45. The average Bonchev–Trinajstić information content (AvgIpc) is 2.97. The number of methoxy groups -OCH3 is 1. The highest BCUT2D eigenvalue weighted by atomic mass is 16.5. The summed E-state index contributed by atoms with van der Waals surface area (Å²) < 4.78 is 16.4. The van der Waals surface area contributed by atoms with E-state index in [-0.39, 0.29) is 23.0 Å². The molecule has 2 aliphatic carbocycles. The van der Waals surface area contributed by atoms with E-state index >= 15 is 0 Å². The zero-order valence-electron chi connectivity index (χ0n) is 19.6. The zero-order chi connectivity index (χ0) is 23.2. The van der Waals surface area contributed by atoms with Crippen LogP contribution in [0.4, 0.5) is 0 Å². The highest BCUT2D eigenvalue weighted by molar-refractivity contribution is 6.10. The SMILES string of the molecule is COC(C)(C)[C@H]1CC[C@]2(C)C[C@H]1C(=O)[C@@]1(C=C(C)OC1=O)[C@H]2/C=C/OC(=O)C=C(C)C. The van der Waals surface area contributed by atoms with Gasteiger partial charge in [-0.25, -0.2) is 4.79 Å². The molecule has 6 nitrogen and oxygen atoms in total. The van der Waals surface area contributed by atoms with Crippen molar-refractivity contribution in [1.82, 2.24) is 0 Å². The number of ether oxygens (including phenoxy) is 3. The van der Waals surface area contributed by atoms with E-state index in [2.05, 4.69) is 6.92 Å².